The number of benzene rings is 1. The van der Waals surface area contributed by atoms with Crippen LogP contribution in [0.5, 0.6) is 0 Å². The maximum Gasteiger partial charge on any atom is 0.123 e. The number of rotatable bonds is 2. The van der Waals surface area contributed by atoms with Gasteiger partial charge in [0.05, 0.1) is 6.54 Å². The van der Waals surface area contributed by atoms with Crippen molar-refractivity contribution in [2.45, 2.75) is 13.5 Å². The first kappa shape index (κ1) is 11.0. The zero-order valence-electron chi connectivity index (χ0n) is 8.24. The minimum Gasteiger partial charge on any atom is -0.264 e. The first-order valence-electron chi connectivity index (χ1n) is 4.59. The Morgan fingerprint density at radius 3 is 2.80 bits per heavy atom. The molecule has 2 rings (SSSR count). The van der Waals surface area contributed by atoms with Gasteiger partial charge in [-0.1, -0.05) is 23.7 Å². The SMILES string of the molecule is Cc1cc(I)nn1Cc1cccc(Cl)c1. The quantitative estimate of drug-likeness (QED) is 0.770. The van der Waals surface area contributed by atoms with Crippen LogP contribution in [-0.2, 0) is 6.54 Å². The van der Waals surface area contributed by atoms with Crippen LogP contribution in [0.3, 0.4) is 0 Å². The third-order valence-corrected chi connectivity index (χ3v) is 2.93. The topological polar surface area (TPSA) is 17.8 Å². The lowest BCUT2D eigenvalue weighted by molar-refractivity contribution is 0.660. The van der Waals surface area contributed by atoms with Crippen molar-refractivity contribution in [3.05, 3.63) is 50.3 Å². The summed E-state index contributed by atoms with van der Waals surface area (Å²) in [5, 5.41) is 5.17. The molecule has 0 aliphatic carbocycles. The highest BCUT2D eigenvalue weighted by Crippen LogP contribution is 2.13. The van der Waals surface area contributed by atoms with Crippen LogP contribution in [0.4, 0.5) is 0 Å². The van der Waals surface area contributed by atoms with Gasteiger partial charge in [-0.2, -0.15) is 5.10 Å². The Morgan fingerprint density at radius 1 is 1.40 bits per heavy atom. The molecular formula is C11H10ClIN2. The third kappa shape index (κ3) is 2.72. The number of nitrogens with zero attached hydrogens (tertiary/aromatic N) is 2. The fourth-order valence-electron chi connectivity index (χ4n) is 1.44. The van der Waals surface area contributed by atoms with E-state index < -0.39 is 0 Å². The average Bonchev–Trinajstić information content (AvgIpc) is 2.45. The van der Waals surface area contributed by atoms with E-state index in [1.165, 1.54) is 11.3 Å². The molecule has 0 aliphatic heterocycles. The summed E-state index contributed by atoms with van der Waals surface area (Å²) in [5.74, 6) is 0. The van der Waals surface area contributed by atoms with E-state index in [-0.39, 0.29) is 0 Å². The molecule has 0 saturated carbocycles. The third-order valence-electron chi connectivity index (χ3n) is 2.17. The molecule has 1 heterocycles. The molecule has 78 valence electrons. The van der Waals surface area contributed by atoms with Gasteiger partial charge in [-0.3, -0.25) is 4.68 Å². The lowest BCUT2D eigenvalue weighted by Crippen LogP contribution is -2.03. The maximum absolute atomic E-state index is 5.92. The van der Waals surface area contributed by atoms with E-state index in [4.69, 9.17) is 11.6 Å². The van der Waals surface area contributed by atoms with Crippen LogP contribution in [0.25, 0.3) is 0 Å². The zero-order valence-corrected chi connectivity index (χ0v) is 11.2. The van der Waals surface area contributed by atoms with Crippen molar-refractivity contribution in [3.63, 3.8) is 0 Å². The summed E-state index contributed by atoms with van der Waals surface area (Å²) in [6.45, 7) is 2.83. The molecule has 0 fully saturated rings. The maximum atomic E-state index is 5.92. The molecule has 1 aromatic carbocycles. The summed E-state index contributed by atoms with van der Waals surface area (Å²) in [7, 11) is 0. The van der Waals surface area contributed by atoms with Gasteiger partial charge >= 0.3 is 0 Å². The van der Waals surface area contributed by atoms with Gasteiger partial charge in [-0.05, 0) is 53.3 Å². The summed E-state index contributed by atoms with van der Waals surface area (Å²) >= 11 is 8.14. The van der Waals surface area contributed by atoms with Gasteiger partial charge in [-0.25, -0.2) is 0 Å². The number of hydrogen-bond donors (Lipinski definition) is 0. The lowest BCUT2D eigenvalue weighted by atomic mass is 10.2. The fourth-order valence-corrected chi connectivity index (χ4v) is 2.36. The van der Waals surface area contributed by atoms with Crippen LogP contribution < -0.4 is 0 Å². The van der Waals surface area contributed by atoms with Gasteiger partial charge in [0.1, 0.15) is 3.70 Å². The van der Waals surface area contributed by atoms with Crippen molar-refractivity contribution in [3.8, 4) is 0 Å². The van der Waals surface area contributed by atoms with Crippen LogP contribution in [0.15, 0.2) is 30.3 Å². The highest BCUT2D eigenvalue weighted by atomic mass is 127. The minimum atomic E-state index is 0.770. The Balaban J connectivity index is 2.25. The van der Waals surface area contributed by atoms with Crippen molar-refractivity contribution in [2.24, 2.45) is 0 Å². The van der Waals surface area contributed by atoms with Crippen molar-refractivity contribution in [1.29, 1.82) is 0 Å². The largest absolute Gasteiger partial charge is 0.264 e. The molecule has 0 N–H and O–H groups in total. The molecule has 0 atom stereocenters. The van der Waals surface area contributed by atoms with Gasteiger partial charge in [0.25, 0.3) is 0 Å². The second kappa shape index (κ2) is 4.53. The molecule has 0 bridgehead atoms. The van der Waals surface area contributed by atoms with E-state index in [0.717, 1.165) is 15.3 Å². The number of hydrogen-bond acceptors (Lipinski definition) is 1. The normalized spacial score (nSPS) is 10.6. The molecule has 0 unspecified atom stereocenters. The molecule has 1 aromatic heterocycles. The van der Waals surface area contributed by atoms with E-state index in [2.05, 4.69) is 46.7 Å². The predicted molar refractivity (Wildman–Crippen MR) is 70.2 cm³/mol. The predicted octanol–water partition coefficient (Wildman–Crippen LogP) is 3.50. The fraction of sp³-hybridized carbons (Fsp3) is 0.182. The number of aromatic nitrogens is 2. The Bertz CT molecular complexity index is 479. The molecule has 2 nitrogen and oxygen atoms in total. The van der Waals surface area contributed by atoms with Gasteiger partial charge in [0.15, 0.2) is 0 Å². The van der Waals surface area contributed by atoms with Crippen LogP contribution in [0.1, 0.15) is 11.3 Å². The molecule has 0 radical (unpaired) electrons. The summed E-state index contributed by atoms with van der Waals surface area (Å²) in [6.07, 6.45) is 0. The highest BCUT2D eigenvalue weighted by Gasteiger charge is 2.02. The van der Waals surface area contributed by atoms with Crippen molar-refractivity contribution in [1.82, 2.24) is 9.78 Å². The summed E-state index contributed by atoms with van der Waals surface area (Å²) in [6, 6.07) is 9.92. The number of halogens is 2. The van der Waals surface area contributed by atoms with Gasteiger partial charge in [0, 0.05) is 10.7 Å². The molecule has 2 aromatic rings. The van der Waals surface area contributed by atoms with E-state index in [1.807, 2.05) is 22.9 Å². The van der Waals surface area contributed by atoms with E-state index >= 15 is 0 Å². The second-order valence-electron chi connectivity index (χ2n) is 3.40. The van der Waals surface area contributed by atoms with Crippen molar-refractivity contribution in [2.75, 3.05) is 0 Å². The zero-order chi connectivity index (χ0) is 10.8. The first-order valence-corrected chi connectivity index (χ1v) is 6.05. The number of aryl methyl sites for hydroxylation is 1. The minimum absolute atomic E-state index is 0.770. The van der Waals surface area contributed by atoms with E-state index in [0.29, 0.717) is 0 Å². The van der Waals surface area contributed by atoms with E-state index in [9.17, 15) is 0 Å². The molecule has 0 spiro atoms. The monoisotopic (exact) mass is 332 g/mol. The van der Waals surface area contributed by atoms with Crippen LogP contribution in [-0.4, -0.2) is 9.78 Å². The molecule has 0 aliphatic rings. The summed E-state index contributed by atoms with van der Waals surface area (Å²) in [5.41, 5.74) is 2.34. The smallest absolute Gasteiger partial charge is 0.123 e. The molecule has 0 saturated heterocycles. The average molecular weight is 333 g/mol. The van der Waals surface area contributed by atoms with Crippen molar-refractivity contribution < 1.29 is 0 Å². The highest BCUT2D eigenvalue weighted by molar-refractivity contribution is 14.1. The molecule has 0 amide bonds. The second-order valence-corrected chi connectivity index (χ2v) is 4.94. The van der Waals surface area contributed by atoms with Gasteiger partial charge in [-0.15, -0.1) is 0 Å². The Morgan fingerprint density at radius 2 is 2.20 bits per heavy atom. The van der Waals surface area contributed by atoms with Crippen LogP contribution in [0.2, 0.25) is 5.02 Å². The Kier molecular flexibility index (Phi) is 3.31. The first-order chi connectivity index (χ1) is 7.15. The molecule has 15 heavy (non-hydrogen) atoms. The van der Waals surface area contributed by atoms with Gasteiger partial charge < -0.3 is 0 Å². The molecule has 4 heteroatoms. The van der Waals surface area contributed by atoms with Gasteiger partial charge in [0.2, 0.25) is 0 Å². The van der Waals surface area contributed by atoms with Crippen LogP contribution >= 0.6 is 34.2 Å². The molecular weight excluding hydrogens is 322 g/mol. The summed E-state index contributed by atoms with van der Waals surface area (Å²) in [4.78, 5) is 0. The lowest BCUT2D eigenvalue weighted by Gasteiger charge is -2.04. The van der Waals surface area contributed by atoms with E-state index in [1.54, 1.807) is 0 Å². The Labute approximate surface area is 107 Å². The van der Waals surface area contributed by atoms with Crippen LogP contribution in [0, 0.1) is 10.6 Å². The standard InChI is InChI=1S/C11H10ClIN2/c1-8-5-11(13)14-15(8)7-9-3-2-4-10(12)6-9/h2-6H,7H2,1H3. The Hall–Kier alpha value is -0.550. The summed E-state index contributed by atoms with van der Waals surface area (Å²) < 4.78 is 3.00. The van der Waals surface area contributed by atoms with Crippen molar-refractivity contribution >= 4 is 34.2 Å².